The summed E-state index contributed by atoms with van der Waals surface area (Å²) in [7, 11) is 3.37. The van der Waals surface area contributed by atoms with Crippen molar-refractivity contribution in [1.82, 2.24) is 4.90 Å². The maximum atomic E-state index is 12.7. The average Bonchev–Trinajstić information content (AvgIpc) is 2.75. The Balaban J connectivity index is 1.67. The Labute approximate surface area is 167 Å². The number of rotatable bonds is 7. The third kappa shape index (κ3) is 4.65. The molecule has 1 fully saturated rings. The number of ether oxygens (including phenoxy) is 2. The maximum absolute atomic E-state index is 12.7. The van der Waals surface area contributed by atoms with E-state index < -0.39 is 0 Å². The topological polar surface area (TPSA) is 42.0 Å². The smallest absolute Gasteiger partial charge is 0.226 e. The Morgan fingerprint density at radius 1 is 1.04 bits per heavy atom. The maximum Gasteiger partial charge on any atom is 0.226 e. The third-order valence-corrected chi connectivity index (χ3v) is 5.43. The van der Waals surface area contributed by atoms with Gasteiger partial charge in [0.25, 0.3) is 0 Å². The second-order valence-corrected chi connectivity index (χ2v) is 7.13. The average molecular weight is 383 g/mol. The highest BCUT2D eigenvalue weighted by Crippen LogP contribution is 2.28. The Bertz CT molecular complexity index is 768. The SMILES string of the molecule is CCC(=O)N(c1ccc(OC)cc1)C1CCN(Cc2ccccc2OC)CC1. The third-order valence-electron chi connectivity index (χ3n) is 5.43. The van der Waals surface area contributed by atoms with Crippen LogP contribution in [0.15, 0.2) is 48.5 Å². The van der Waals surface area contributed by atoms with Crippen LogP contribution in [0.4, 0.5) is 5.69 Å². The molecule has 3 rings (SSSR count). The summed E-state index contributed by atoms with van der Waals surface area (Å²) in [4.78, 5) is 17.1. The van der Waals surface area contributed by atoms with E-state index in [4.69, 9.17) is 9.47 Å². The molecule has 2 aromatic rings. The van der Waals surface area contributed by atoms with E-state index in [1.807, 2.05) is 48.2 Å². The van der Waals surface area contributed by atoms with Crippen molar-refractivity contribution in [1.29, 1.82) is 0 Å². The summed E-state index contributed by atoms with van der Waals surface area (Å²) in [5.41, 5.74) is 2.16. The molecule has 1 aliphatic rings. The van der Waals surface area contributed by atoms with Gasteiger partial charge >= 0.3 is 0 Å². The van der Waals surface area contributed by atoms with Crippen LogP contribution >= 0.6 is 0 Å². The van der Waals surface area contributed by atoms with Crippen LogP contribution in [0.2, 0.25) is 0 Å². The van der Waals surface area contributed by atoms with Gasteiger partial charge in [0.2, 0.25) is 5.91 Å². The molecule has 1 heterocycles. The number of amides is 1. The summed E-state index contributed by atoms with van der Waals surface area (Å²) in [6.45, 7) is 4.73. The van der Waals surface area contributed by atoms with Crippen molar-refractivity contribution in [2.45, 2.75) is 38.8 Å². The lowest BCUT2D eigenvalue weighted by Gasteiger charge is -2.38. The van der Waals surface area contributed by atoms with Crippen LogP contribution in [-0.4, -0.2) is 44.2 Å². The van der Waals surface area contributed by atoms with Gasteiger partial charge in [0.05, 0.1) is 14.2 Å². The van der Waals surface area contributed by atoms with Crippen molar-refractivity contribution in [3.63, 3.8) is 0 Å². The molecule has 1 amide bonds. The molecule has 0 atom stereocenters. The lowest BCUT2D eigenvalue weighted by Crippen LogP contribution is -2.47. The fourth-order valence-corrected chi connectivity index (χ4v) is 3.88. The molecule has 0 saturated carbocycles. The van der Waals surface area contributed by atoms with Crippen molar-refractivity contribution >= 4 is 11.6 Å². The number of piperidine rings is 1. The van der Waals surface area contributed by atoms with Gasteiger partial charge in [-0.15, -0.1) is 0 Å². The second kappa shape index (κ2) is 9.60. The van der Waals surface area contributed by atoms with E-state index in [0.717, 1.165) is 49.7 Å². The molecule has 0 N–H and O–H groups in total. The van der Waals surface area contributed by atoms with E-state index in [9.17, 15) is 4.79 Å². The molecule has 0 spiro atoms. The quantitative estimate of drug-likeness (QED) is 0.723. The molecule has 0 unspecified atom stereocenters. The minimum atomic E-state index is 0.174. The van der Waals surface area contributed by atoms with Crippen molar-refractivity contribution in [2.75, 3.05) is 32.2 Å². The zero-order chi connectivity index (χ0) is 19.9. The van der Waals surface area contributed by atoms with Gasteiger partial charge in [-0.05, 0) is 43.2 Å². The highest BCUT2D eigenvalue weighted by molar-refractivity contribution is 5.93. The van der Waals surface area contributed by atoms with Gasteiger partial charge in [-0.1, -0.05) is 25.1 Å². The highest BCUT2D eigenvalue weighted by atomic mass is 16.5. The Kier molecular flexibility index (Phi) is 6.93. The molecule has 1 saturated heterocycles. The molecule has 0 aromatic heterocycles. The number of benzene rings is 2. The van der Waals surface area contributed by atoms with E-state index in [0.29, 0.717) is 6.42 Å². The van der Waals surface area contributed by atoms with E-state index in [-0.39, 0.29) is 11.9 Å². The minimum absolute atomic E-state index is 0.174. The standard InChI is InChI=1S/C23H30N2O3/c1-4-23(26)25(19-9-11-21(27-2)12-10-19)20-13-15-24(16-14-20)17-18-7-5-6-8-22(18)28-3/h5-12,20H,4,13-17H2,1-3H3. The minimum Gasteiger partial charge on any atom is -0.497 e. The van der Waals surface area contributed by atoms with Gasteiger partial charge in [0, 0.05) is 43.3 Å². The van der Waals surface area contributed by atoms with Gasteiger partial charge < -0.3 is 14.4 Å². The zero-order valence-corrected chi connectivity index (χ0v) is 17.1. The van der Waals surface area contributed by atoms with Crippen LogP contribution < -0.4 is 14.4 Å². The van der Waals surface area contributed by atoms with Crippen molar-refractivity contribution in [3.05, 3.63) is 54.1 Å². The largest absolute Gasteiger partial charge is 0.497 e. The molecule has 28 heavy (non-hydrogen) atoms. The molecule has 5 heteroatoms. The summed E-state index contributed by atoms with van der Waals surface area (Å²) in [6, 6.07) is 16.2. The van der Waals surface area contributed by atoms with Gasteiger partial charge in [0.1, 0.15) is 11.5 Å². The lowest BCUT2D eigenvalue weighted by molar-refractivity contribution is -0.119. The number of carbonyl (C=O) groups excluding carboxylic acids is 1. The molecular formula is C23H30N2O3. The molecule has 5 nitrogen and oxygen atoms in total. The summed E-state index contributed by atoms with van der Waals surface area (Å²) in [5, 5.41) is 0. The van der Waals surface area contributed by atoms with Gasteiger partial charge in [-0.25, -0.2) is 0 Å². The Morgan fingerprint density at radius 2 is 1.71 bits per heavy atom. The number of hydrogen-bond donors (Lipinski definition) is 0. The predicted octanol–water partition coefficient (Wildman–Crippen LogP) is 4.11. The summed E-state index contributed by atoms with van der Waals surface area (Å²) in [5.74, 6) is 1.92. The second-order valence-electron chi connectivity index (χ2n) is 7.13. The molecular weight excluding hydrogens is 352 g/mol. The summed E-state index contributed by atoms with van der Waals surface area (Å²) in [6.07, 6.45) is 2.44. The predicted molar refractivity (Wildman–Crippen MR) is 112 cm³/mol. The fourth-order valence-electron chi connectivity index (χ4n) is 3.88. The van der Waals surface area contributed by atoms with Gasteiger partial charge in [0.15, 0.2) is 0 Å². The zero-order valence-electron chi connectivity index (χ0n) is 17.1. The number of nitrogens with zero attached hydrogens (tertiary/aromatic N) is 2. The Morgan fingerprint density at radius 3 is 2.32 bits per heavy atom. The molecule has 0 radical (unpaired) electrons. The van der Waals surface area contributed by atoms with Crippen LogP contribution in [0, 0.1) is 0 Å². The Hall–Kier alpha value is -2.53. The molecule has 0 aliphatic carbocycles. The van der Waals surface area contributed by atoms with Gasteiger partial charge in [-0.3, -0.25) is 9.69 Å². The lowest BCUT2D eigenvalue weighted by atomic mass is 10.0. The first-order valence-electron chi connectivity index (χ1n) is 9.96. The van der Waals surface area contributed by atoms with Crippen molar-refractivity contribution in [3.8, 4) is 11.5 Å². The first-order valence-corrected chi connectivity index (χ1v) is 9.96. The normalized spacial score (nSPS) is 15.2. The highest BCUT2D eigenvalue weighted by Gasteiger charge is 2.28. The van der Waals surface area contributed by atoms with Crippen LogP contribution in [0.25, 0.3) is 0 Å². The monoisotopic (exact) mass is 382 g/mol. The molecule has 2 aromatic carbocycles. The first-order chi connectivity index (χ1) is 13.7. The van der Waals surface area contributed by atoms with Crippen molar-refractivity contribution in [2.24, 2.45) is 0 Å². The summed E-state index contributed by atoms with van der Waals surface area (Å²) >= 11 is 0. The van der Waals surface area contributed by atoms with E-state index in [2.05, 4.69) is 17.0 Å². The molecule has 150 valence electrons. The van der Waals surface area contributed by atoms with E-state index in [1.54, 1.807) is 14.2 Å². The fraction of sp³-hybridized carbons (Fsp3) is 0.435. The van der Waals surface area contributed by atoms with E-state index in [1.165, 1.54) is 5.56 Å². The van der Waals surface area contributed by atoms with Crippen LogP contribution in [0.5, 0.6) is 11.5 Å². The molecule has 1 aliphatic heterocycles. The number of hydrogen-bond acceptors (Lipinski definition) is 4. The van der Waals surface area contributed by atoms with Crippen LogP contribution in [0.3, 0.4) is 0 Å². The van der Waals surface area contributed by atoms with Gasteiger partial charge in [-0.2, -0.15) is 0 Å². The summed E-state index contributed by atoms with van der Waals surface area (Å²) < 4.78 is 10.7. The number of carbonyl (C=O) groups is 1. The number of methoxy groups -OCH3 is 2. The number of anilines is 1. The van der Waals surface area contributed by atoms with Crippen LogP contribution in [-0.2, 0) is 11.3 Å². The first kappa shape index (κ1) is 20.2. The van der Waals surface area contributed by atoms with Crippen LogP contribution in [0.1, 0.15) is 31.7 Å². The number of para-hydroxylation sites is 1. The molecule has 0 bridgehead atoms. The number of likely N-dealkylation sites (tertiary alicyclic amines) is 1. The van der Waals surface area contributed by atoms with Crippen molar-refractivity contribution < 1.29 is 14.3 Å². The van der Waals surface area contributed by atoms with E-state index >= 15 is 0 Å².